The Hall–Kier alpha value is -2.68. The highest BCUT2D eigenvalue weighted by atomic mass is 15.1. The van der Waals surface area contributed by atoms with Gasteiger partial charge in [-0.2, -0.15) is 4.57 Å². The van der Waals surface area contributed by atoms with Crippen molar-refractivity contribution in [2.45, 2.75) is 13.3 Å². The van der Waals surface area contributed by atoms with Gasteiger partial charge in [-0.15, -0.1) is 0 Å². The Bertz CT molecular complexity index is 1070. The summed E-state index contributed by atoms with van der Waals surface area (Å²) in [6.07, 6.45) is 3.03. The van der Waals surface area contributed by atoms with Gasteiger partial charge in [0, 0.05) is 17.9 Å². The van der Waals surface area contributed by atoms with Crippen molar-refractivity contribution in [3.63, 3.8) is 0 Å². The Morgan fingerprint density at radius 2 is 2.00 bits per heavy atom. The molecule has 2 aromatic heterocycles. The van der Waals surface area contributed by atoms with E-state index in [-0.39, 0.29) is 0 Å². The molecule has 0 fully saturated rings. The number of rotatable bonds is 0. The normalized spacial score (nSPS) is 12.8. The maximum Gasteiger partial charge on any atom is 0.236 e. The van der Waals surface area contributed by atoms with Crippen molar-refractivity contribution in [1.82, 2.24) is 9.55 Å². The van der Waals surface area contributed by atoms with Crippen LogP contribution in [0.1, 0.15) is 17.0 Å². The van der Waals surface area contributed by atoms with Gasteiger partial charge in [0.25, 0.3) is 0 Å². The summed E-state index contributed by atoms with van der Waals surface area (Å²) in [7, 11) is 2.12. The van der Waals surface area contributed by atoms with Crippen LogP contribution in [0.15, 0.2) is 48.7 Å². The first-order valence-electron chi connectivity index (χ1n) is 7.61. The average Bonchev–Trinajstić information content (AvgIpc) is 3.03. The minimum atomic E-state index is 0.911. The van der Waals surface area contributed by atoms with Gasteiger partial charge in [0.05, 0.1) is 11.0 Å². The molecule has 2 aromatic carbocycles. The molecular formula is C19H16N3+. The molecule has 1 aliphatic heterocycles. The molecule has 0 unspecified atom stereocenters. The van der Waals surface area contributed by atoms with E-state index in [9.17, 15) is 0 Å². The van der Waals surface area contributed by atoms with E-state index in [1.54, 1.807) is 0 Å². The number of pyridine rings is 1. The van der Waals surface area contributed by atoms with Crippen LogP contribution >= 0.6 is 0 Å². The van der Waals surface area contributed by atoms with Crippen molar-refractivity contribution in [1.29, 1.82) is 0 Å². The zero-order chi connectivity index (χ0) is 14.8. The molecule has 5 rings (SSSR count). The lowest BCUT2D eigenvalue weighted by Crippen LogP contribution is -2.29. The first-order valence-corrected chi connectivity index (χ1v) is 7.61. The van der Waals surface area contributed by atoms with Crippen LogP contribution in [-0.2, 0) is 13.5 Å². The van der Waals surface area contributed by atoms with Crippen molar-refractivity contribution in [3.8, 4) is 5.69 Å². The molecule has 0 spiro atoms. The molecule has 0 saturated carbocycles. The smallest absolute Gasteiger partial charge is 0.236 e. The first-order chi connectivity index (χ1) is 10.7. The van der Waals surface area contributed by atoms with Gasteiger partial charge in [0.15, 0.2) is 6.20 Å². The second kappa shape index (κ2) is 3.95. The van der Waals surface area contributed by atoms with E-state index < -0.39 is 0 Å². The highest BCUT2D eigenvalue weighted by Crippen LogP contribution is 2.36. The van der Waals surface area contributed by atoms with Crippen molar-refractivity contribution in [3.05, 3.63) is 65.6 Å². The van der Waals surface area contributed by atoms with E-state index in [1.807, 2.05) is 0 Å². The number of hydrogen-bond acceptors (Lipinski definition) is 1. The number of fused-ring (bicyclic) bond motifs is 7. The molecule has 0 atom stereocenters. The molecule has 22 heavy (non-hydrogen) atoms. The summed E-state index contributed by atoms with van der Waals surface area (Å²) in [5.41, 5.74) is 7.55. The molecule has 106 valence electrons. The van der Waals surface area contributed by atoms with Crippen LogP contribution in [-0.4, -0.2) is 9.55 Å². The average molecular weight is 286 g/mol. The van der Waals surface area contributed by atoms with Crippen molar-refractivity contribution >= 4 is 21.9 Å². The van der Waals surface area contributed by atoms with Gasteiger partial charge in [0.2, 0.25) is 5.52 Å². The SMILES string of the molecule is Cc1cccc2nc3n(c12)-c1c(ccc2ccc[n+](C)c12)C3. The highest BCUT2D eigenvalue weighted by Gasteiger charge is 2.28. The first kappa shape index (κ1) is 11.9. The number of benzene rings is 2. The maximum absolute atomic E-state index is 4.86. The quantitative estimate of drug-likeness (QED) is 0.401. The van der Waals surface area contributed by atoms with Gasteiger partial charge in [-0.25, -0.2) is 4.98 Å². The lowest BCUT2D eigenvalue weighted by Gasteiger charge is -2.08. The maximum atomic E-state index is 4.86. The number of imidazole rings is 1. The number of aromatic nitrogens is 3. The van der Waals surface area contributed by atoms with Crippen LogP contribution in [0, 0.1) is 6.92 Å². The van der Waals surface area contributed by atoms with Crippen LogP contribution < -0.4 is 4.57 Å². The van der Waals surface area contributed by atoms with Gasteiger partial charge in [-0.1, -0.05) is 18.2 Å². The molecule has 3 nitrogen and oxygen atoms in total. The van der Waals surface area contributed by atoms with Gasteiger partial charge in [-0.05, 0) is 36.2 Å². The Balaban J connectivity index is 2.02. The Labute approximate surface area is 128 Å². The molecule has 0 radical (unpaired) electrons. The summed E-state index contributed by atoms with van der Waals surface area (Å²) in [5, 5.41) is 1.27. The summed E-state index contributed by atoms with van der Waals surface area (Å²) in [5.74, 6) is 1.15. The third-order valence-corrected chi connectivity index (χ3v) is 4.72. The monoisotopic (exact) mass is 286 g/mol. The summed E-state index contributed by atoms with van der Waals surface area (Å²) in [6, 6.07) is 15.1. The fourth-order valence-electron chi connectivity index (χ4n) is 3.76. The summed E-state index contributed by atoms with van der Waals surface area (Å²) >= 11 is 0. The Morgan fingerprint density at radius 3 is 2.91 bits per heavy atom. The number of aryl methyl sites for hydroxylation is 2. The molecule has 0 N–H and O–H groups in total. The lowest BCUT2D eigenvalue weighted by molar-refractivity contribution is -0.644. The van der Waals surface area contributed by atoms with Crippen LogP contribution in [0.2, 0.25) is 0 Å². The molecule has 3 heterocycles. The van der Waals surface area contributed by atoms with Gasteiger partial charge >= 0.3 is 0 Å². The second-order valence-corrected chi connectivity index (χ2v) is 6.11. The van der Waals surface area contributed by atoms with Crippen molar-refractivity contribution in [2.24, 2.45) is 7.05 Å². The van der Waals surface area contributed by atoms with E-state index in [4.69, 9.17) is 4.98 Å². The molecule has 0 saturated heterocycles. The molecule has 3 heteroatoms. The summed E-state index contributed by atoms with van der Waals surface area (Å²) in [6.45, 7) is 2.17. The molecule has 0 bridgehead atoms. The Morgan fingerprint density at radius 1 is 1.09 bits per heavy atom. The topological polar surface area (TPSA) is 21.7 Å². The lowest BCUT2D eigenvalue weighted by atomic mass is 10.1. The van der Waals surface area contributed by atoms with Crippen LogP contribution in [0.4, 0.5) is 0 Å². The Kier molecular flexibility index (Phi) is 2.14. The van der Waals surface area contributed by atoms with E-state index >= 15 is 0 Å². The number of hydrogen-bond donors (Lipinski definition) is 0. The molecule has 1 aliphatic rings. The van der Waals surface area contributed by atoms with Gasteiger partial charge in [-0.3, -0.25) is 4.57 Å². The van der Waals surface area contributed by atoms with Crippen molar-refractivity contribution < 1.29 is 4.57 Å². The van der Waals surface area contributed by atoms with Gasteiger partial charge < -0.3 is 0 Å². The van der Waals surface area contributed by atoms with Crippen molar-refractivity contribution in [2.75, 3.05) is 0 Å². The third-order valence-electron chi connectivity index (χ3n) is 4.72. The molecule has 0 aliphatic carbocycles. The van der Waals surface area contributed by atoms with Gasteiger partial charge in [0.1, 0.15) is 18.6 Å². The van der Waals surface area contributed by atoms with E-state index in [0.717, 1.165) is 17.8 Å². The fraction of sp³-hybridized carbons (Fsp3) is 0.158. The largest absolute Gasteiger partial charge is 0.289 e. The highest BCUT2D eigenvalue weighted by molar-refractivity contribution is 5.91. The van der Waals surface area contributed by atoms with E-state index in [0.29, 0.717) is 0 Å². The third kappa shape index (κ3) is 1.36. The standard InChI is InChI=1S/C19H16N3/c1-12-5-3-7-15-17(12)22-16(20-15)11-14-9-8-13-6-4-10-21(2)18(13)19(14)22/h3-10H,11H2,1-2H3/q+1. The molecule has 0 amide bonds. The van der Waals surface area contributed by atoms with Crippen LogP contribution in [0.5, 0.6) is 0 Å². The number of nitrogens with zero attached hydrogens (tertiary/aromatic N) is 3. The predicted molar refractivity (Wildman–Crippen MR) is 87.3 cm³/mol. The van der Waals surface area contributed by atoms with Crippen LogP contribution in [0.3, 0.4) is 0 Å². The second-order valence-electron chi connectivity index (χ2n) is 6.11. The van der Waals surface area contributed by atoms with E-state index in [2.05, 4.69) is 71.8 Å². The predicted octanol–water partition coefficient (Wildman–Crippen LogP) is 3.22. The summed E-state index contributed by atoms with van der Waals surface area (Å²) < 4.78 is 4.58. The van der Waals surface area contributed by atoms with Crippen LogP contribution in [0.25, 0.3) is 27.6 Å². The minimum Gasteiger partial charge on any atom is -0.289 e. The summed E-state index contributed by atoms with van der Waals surface area (Å²) in [4.78, 5) is 4.86. The molecular weight excluding hydrogens is 270 g/mol. The minimum absolute atomic E-state index is 0.911. The molecule has 4 aromatic rings. The van der Waals surface area contributed by atoms with E-state index in [1.165, 1.54) is 33.2 Å². The zero-order valence-corrected chi connectivity index (χ0v) is 12.7. The fourth-order valence-corrected chi connectivity index (χ4v) is 3.76. The number of para-hydroxylation sites is 1. The zero-order valence-electron chi connectivity index (χ0n) is 12.7.